The van der Waals surface area contributed by atoms with Crippen molar-refractivity contribution in [1.29, 1.82) is 0 Å². The van der Waals surface area contributed by atoms with Gasteiger partial charge in [0, 0.05) is 10.5 Å². The summed E-state index contributed by atoms with van der Waals surface area (Å²) in [6.07, 6.45) is -4.35. The van der Waals surface area contributed by atoms with Crippen molar-refractivity contribution in [2.45, 2.75) is 25.2 Å². The lowest BCUT2D eigenvalue weighted by Crippen LogP contribution is -2.35. The van der Waals surface area contributed by atoms with Gasteiger partial charge in [-0.1, -0.05) is 64.5 Å². The summed E-state index contributed by atoms with van der Waals surface area (Å²) in [5.74, 6) is 0. The zero-order chi connectivity index (χ0) is 15.5. The predicted octanol–water partition coefficient (Wildman–Crippen LogP) is 5.40. The van der Waals surface area contributed by atoms with Crippen LogP contribution in [0, 0.1) is 0 Å². The molecule has 21 heavy (non-hydrogen) atoms. The van der Waals surface area contributed by atoms with E-state index in [0.717, 1.165) is 10.0 Å². The van der Waals surface area contributed by atoms with Gasteiger partial charge in [-0.15, -0.1) is 0 Å². The Bertz CT molecular complexity index is 584. The van der Waals surface area contributed by atoms with Crippen LogP contribution in [0.2, 0.25) is 0 Å². The van der Waals surface area contributed by atoms with E-state index in [9.17, 15) is 13.2 Å². The van der Waals surface area contributed by atoms with Gasteiger partial charge in [0.1, 0.15) is 6.04 Å². The largest absolute Gasteiger partial charge is 0.407 e. The van der Waals surface area contributed by atoms with E-state index in [1.54, 1.807) is 31.2 Å². The smallest absolute Gasteiger partial charge is 0.296 e. The first-order chi connectivity index (χ1) is 9.89. The molecule has 0 aliphatic heterocycles. The van der Waals surface area contributed by atoms with Crippen LogP contribution in [0.1, 0.15) is 30.1 Å². The molecule has 0 aromatic heterocycles. The maximum atomic E-state index is 13.3. The van der Waals surface area contributed by atoms with Gasteiger partial charge in [0.25, 0.3) is 0 Å². The van der Waals surface area contributed by atoms with Crippen LogP contribution in [0.25, 0.3) is 0 Å². The Kier molecular flexibility index (Phi) is 5.06. The molecule has 0 spiro atoms. The molecular formula is C16H15BrF3N. The Hall–Kier alpha value is -1.33. The van der Waals surface area contributed by atoms with E-state index in [2.05, 4.69) is 21.2 Å². The third-order valence-electron chi connectivity index (χ3n) is 3.25. The Morgan fingerprint density at radius 3 is 2.10 bits per heavy atom. The molecule has 2 atom stereocenters. The zero-order valence-electron chi connectivity index (χ0n) is 11.4. The van der Waals surface area contributed by atoms with Gasteiger partial charge in [-0.25, -0.2) is 0 Å². The monoisotopic (exact) mass is 357 g/mol. The van der Waals surface area contributed by atoms with Gasteiger partial charge in [-0.3, -0.25) is 5.32 Å². The van der Waals surface area contributed by atoms with Gasteiger partial charge < -0.3 is 0 Å². The minimum atomic E-state index is -4.35. The molecule has 0 amide bonds. The molecule has 1 nitrogen and oxygen atoms in total. The molecule has 1 N–H and O–H groups in total. The third-order valence-corrected chi connectivity index (χ3v) is 3.97. The van der Waals surface area contributed by atoms with Crippen molar-refractivity contribution in [3.8, 4) is 0 Å². The molecule has 112 valence electrons. The van der Waals surface area contributed by atoms with Gasteiger partial charge in [0.05, 0.1) is 0 Å². The summed E-state index contributed by atoms with van der Waals surface area (Å²) >= 11 is 3.37. The molecule has 0 aliphatic rings. The van der Waals surface area contributed by atoms with Crippen molar-refractivity contribution in [2.24, 2.45) is 0 Å². The van der Waals surface area contributed by atoms with E-state index < -0.39 is 18.3 Å². The first kappa shape index (κ1) is 16.0. The second-order valence-electron chi connectivity index (χ2n) is 4.80. The highest BCUT2D eigenvalue weighted by atomic mass is 79.9. The van der Waals surface area contributed by atoms with E-state index in [0.29, 0.717) is 0 Å². The van der Waals surface area contributed by atoms with E-state index in [4.69, 9.17) is 0 Å². The predicted molar refractivity (Wildman–Crippen MR) is 80.9 cm³/mol. The Morgan fingerprint density at radius 2 is 1.52 bits per heavy atom. The highest BCUT2D eigenvalue weighted by Crippen LogP contribution is 2.35. The standard InChI is InChI=1S/C16H15BrF3N/c1-11(13-9-5-6-10-14(13)17)21-15(16(18,19)20)12-7-3-2-4-8-12/h2-11,15,21H,1H3/t11-,15?/m0/s1. The van der Waals surface area contributed by atoms with Gasteiger partial charge in [0.2, 0.25) is 0 Å². The topological polar surface area (TPSA) is 12.0 Å². The molecule has 0 heterocycles. The van der Waals surface area contributed by atoms with Crippen LogP contribution in [-0.2, 0) is 0 Å². The maximum absolute atomic E-state index is 13.3. The van der Waals surface area contributed by atoms with Crippen LogP contribution in [0.5, 0.6) is 0 Å². The van der Waals surface area contributed by atoms with E-state index in [-0.39, 0.29) is 5.56 Å². The minimum absolute atomic E-state index is 0.212. The molecule has 0 fully saturated rings. The van der Waals surface area contributed by atoms with Crippen molar-refractivity contribution in [1.82, 2.24) is 5.32 Å². The molecule has 1 unspecified atom stereocenters. The fraction of sp³-hybridized carbons (Fsp3) is 0.250. The maximum Gasteiger partial charge on any atom is 0.407 e. The highest BCUT2D eigenvalue weighted by Gasteiger charge is 2.41. The fourth-order valence-electron chi connectivity index (χ4n) is 2.19. The molecule has 2 rings (SSSR count). The van der Waals surface area contributed by atoms with Crippen LogP contribution in [0.4, 0.5) is 13.2 Å². The molecular weight excluding hydrogens is 343 g/mol. The summed E-state index contributed by atoms with van der Waals surface area (Å²) in [7, 11) is 0. The summed E-state index contributed by atoms with van der Waals surface area (Å²) < 4.78 is 40.7. The van der Waals surface area contributed by atoms with Gasteiger partial charge in [-0.2, -0.15) is 13.2 Å². The summed E-state index contributed by atoms with van der Waals surface area (Å²) in [5.41, 5.74) is 1.01. The molecule has 5 heteroatoms. The average Bonchev–Trinajstić information content (AvgIpc) is 2.44. The van der Waals surface area contributed by atoms with Crippen molar-refractivity contribution < 1.29 is 13.2 Å². The van der Waals surface area contributed by atoms with Crippen molar-refractivity contribution >= 4 is 15.9 Å². The second kappa shape index (κ2) is 6.62. The first-order valence-corrected chi connectivity index (χ1v) is 7.31. The minimum Gasteiger partial charge on any atom is -0.296 e. The highest BCUT2D eigenvalue weighted by molar-refractivity contribution is 9.10. The number of hydrogen-bond acceptors (Lipinski definition) is 1. The Balaban J connectivity index is 2.26. The average molecular weight is 358 g/mol. The molecule has 0 aliphatic carbocycles. The summed E-state index contributed by atoms with van der Waals surface area (Å²) in [4.78, 5) is 0. The first-order valence-electron chi connectivity index (χ1n) is 6.51. The normalized spacial score (nSPS) is 14.7. The lowest BCUT2D eigenvalue weighted by molar-refractivity contribution is -0.159. The summed E-state index contributed by atoms with van der Waals surface area (Å²) in [6.45, 7) is 1.72. The van der Waals surface area contributed by atoms with Gasteiger partial charge in [0.15, 0.2) is 0 Å². The molecule has 0 bridgehead atoms. The Morgan fingerprint density at radius 1 is 0.952 bits per heavy atom. The molecule has 2 aromatic carbocycles. The molecule has 0 saturated heterocycles. The SMILES string of the molecule is C[C@H](NC(c1ccccc1)C(F)(F)F)c1ccccc1Br. The lowest BCUT2D eigenvalue weighted by atomic mass is 10.0. The fourth-order valence-corrected chi connectivity index (χ4v) is 2.82. The summed E-state index contributed by atoms with van der Waals surface area (Å²) in [6, 6.07) is 13.0. The van der Waals surface area contributed by atoms with E-state index >= 15 is 0 Å². The second-order valence-corrected chi connectivity index (χ2v) is 5.65. The molecule has 0 radical (unpaired) electrons. The number of benzene rings is 2. The van der Waals surface area contributed by atoms with Crippen molar-refractivity contribution in [3.05, 3.63) is 70.2 Å². The number of halogens is 4. The third kappa shape index (κ3) is 4.08. The van der Waals surface area contributed by atoms with Gasteiger partial charge in [-0.05, 0) is 24.1 Å². The van der Waals surface area contributed by atoms with Crippen molar-refractivity contribution in [3.63, 3.8) is 0 Å². The van der Waals surface area contributed by atoms with Crippen LogP contribution in [0.15, 0.2) is 59.1 Å². The van der Waals surface area contributed by atoms with Gasteiger partial charge >= 0.3 is 6.18 Å². The summed E-state index contributed by atoms with van der Waals surface area (Å²) in [5, 5.41) is 2.68. The zero-order valence-corrected chi connectivity index (χ0v) is 12.9. The lowest BCUT2D eigenvalue weighted by Gasteiger charge is -2.26. The number of alkyl halides is 3. The Labute approximate surface area is 130 Å². The van der Waals surface area contributed by atoms with E-state index in [1.165, 1.54) is 12.1 Å². The number of rotatable bonds is 4. The van der Waals surface area contributed by atoms with Crippen LogP contribution in [-0.4, -0.2) is 6.18 Å². The van der Waals surface area contributed by atoms with Crippen LogP contribution >= 0.6 is 15.9 Å². The number of hydrogen-bond donors (Lipinski definition) is 1. The quantitative estimate of drug-likeness (QED) is 0.771. The molecule has 0 saturated carbocycles. The number of nitrogens with one attached hydrogen (secondary N) is 1. The molecule has 2 aromatic rings. The van der Waals surface area contributed by atoms with Crippen LogP contribution in [0.3, 0.4) is 0 Å². The van der Waals surface area contributed by atoms with E-state index in [1.807, 2.05) is 18.2 Å². The van der Waals surface area contributed by atoms with Crippen molar-refractivity contribution in [2.75, 3.05) is 0 Å². The van der Waals surface area contributed by atoms with Crippen LogP contribution < -0.4 is 5.32 Å².